The van der Waals surface area contributed by atoms with Gasteiger partial charge < -0.3 is 10.2 Å². The van der Waals surface area contributed by atoms with E-state index in [2.05, 4.69) is 25.5 Å². The second-order valence-corrected chi connectivity index (χ2v) is 7.76. The number of amides is 1. The summed E-state index contributed by atoms with van der Waals surface area (Å²) in [5, 5.41) is 16.6. The van der Waals surface area contributed by atoms with E-state index in [1.54, 1.807) is 6.07 Å². The number of hydrogen-bond donors (Lipinski definition) is 1. The van der Waals surface area contributed by atoms with E-state index < -0.39 is 0 Å². The lowest BCUT2D eigenvalue weighted by atomic mass is 9.96. The number of piperidine rings is 1. The van der Waals surface area contributed by atoms with Gasteiger partial charge in [-0.1, -0.05) is 11.6 Å². The van der Waals surface area contributed by atoms with Gasteiger partial charge in [0, 0.05) is 50.1 Å². The maximum absolute atomic E-state index is 12.6. The van der Waals surface area contributed by atoms with Crippen LogP contribution in [0.3, 0.4) is 0 Å². The molecule has 148 valence electrons. The Balaban J connectivity index is 1.37. The van der Waals surface area contributed by atoms with Gasteiger partial charge in [-0.2, -0.15) is 5.10 Å². The molecule has 1 aliphatic rings. The van der Waals surface area contributed by atoms with Crippen LogP contribution in [0.2, 0.25) is 5.02 Å². The topological polar surface area (TPSA) is 80.3 Å². The zero-order chi connectivity index (χ0) is 19.8. The molecule has 3 aromatic rings. The number of halogens is 1. The Bertz CT molecular complexity index is 1020. The molecule has 28 heavy (non-hydrogen) atoms. The summed E-state index contributed by atoms with van der Waals surface area (Å²) in [6, 6.07) is 3.65. The Morgan fingerprint density at radius 3 is 2.68 bits per heavy atom. The zero-order valence-corrected chi connectivity index (χ0v) is 17.1. The third-order valence-electron chi connectivity index (χ3n) is 5.60. The number of fused-ring (bicyclic) bond motifs is 1. The smallest absolute Gasteiger partial charge is 0.231 e. The van der Waals surface area contributed by atoms with Crippen molar-refractivity contribution in [2.24, 2.45) is 13.0 Å². The first-order valence-electron chi connectivity index (χ1n) is 9.46. The number of carbonyl (C=O) groups excluding carboxylic acids is 1. The average Bonchev–Trinajstić information content (AvgIpc) is 3.20. The summed E-state index contributed by atoms with van der Waals surface area (Å²) in [5.41, 5.74) is 3.92. The Hall–Kier alpha value is -2.61. The molecule has 3 aromatic heterocycles. The number of carbonyl (C=O) groups is 1. The molecule has 0 saturated carbocycles. The van der Waals surface area contributed by atoms with Crippen molar-refractivity contribution in [1.29, 1.82) is 0 Å². The van der Waals surface area contributed by atoms with Gasteiger partial charge in [0.05, 0.1) is 10.7 Å². The fourth-order valence-electron chi connectivity index (χ4n) is 3.80. The summed E-state index contributed by atoms with van der Waals surface area (Å²) >= 11 is 6.11. The summed E-state index contributed by atoms with van der Waals surface area (Å²) < 4.78 is 3.75. The van der Waals surface area contributed by atoms with E-state index in [0.717, 1.165) is 54.5 Å². The van der Waals surface area contributed by atoms with E-state index in [1.807, 2.05) is 42.2 Å². The number of anilines is 1. The maximum atomic E-state index is 12.6. The highest BCUT2D eigenvalue weighted by atomic mass is 35.5. The van der Waals surface area contributed by atoms with Gasteiger partial charge in [-0.25, -0.2) is 0 Å². The number of nitrogens with zero attached hydrogens (tertiary/aromatic N) is 6. The second kappa shape index (κ2) is 7.43. The van der Waals surface area contributed by atoms with Gasteiger partial charge in [-0.05, 0) is 38.8 Å². The Kier molecular flexibility index (Phi) is 4.97. The highest BCUT2D eigenvalue weighted by molar-refractivity contribution is 6.30. The molecule has 0 radical (unpaired) electrons. The number of rotatable bonds is 4. The highest BCUT2D eigenvalue weighted by Gasteiger charge is 2.27. The van der Waals surface area contributed by atoms with Gasteiger partial charge in [-0.15, -0.1) is 10.2 Å². The van der Waals surface area contributed by atoms with Crippen LogP contribution in [0.1, 0.15) is 29.8 Å². The second-order valence-electron chi connectivity index (χ2n) is 7.33. The molecule has 0 atom stereocenters. The molecule has 0 aromatic carbocycles. The van der Waals surface area contributed by atoms with Crippen molar-refractivity contribution in [2.75, 3.05) is 18.0 Å². The van der Waals surface area contributed by atoms with Crippen molar-refractivity contribution < 1.29 is 4.79 Å². The Labute approximate surface area is 168 Å². The predicted octanol–water partition coefficient (Wildman–Crippen LogP) is 2.27. The van der Waals surface area contributed by atoms with Crippen molar-refractivity contribution in [3.05, 3.63) is 40.3 Å². The lowest BCUT2D eigenvalue weighted by Crippen LogP contribution is -2.41. The molecule has 0 unspecified atom stereocenters. The van der Waals surface area contributed by atoms with Crippen LogP contribution < -0.4 is 10.2 Å². The van der Waals surface area contributed by atoms with E-state index in [0.29, 0.717) is 11.6 Å². The quantitative estimate of drug-likeness (QED) is 0.725. The minimum Gasteiger partial charge on any atom is -0.352 e. The number of pyridine rings is 1. The summed E-state index contributed by atoms with van der Waals surface area (Å²) in [4.78, 5) is 14.8. The first kappa shape index (κ1) is 18.7. The standard InChI is InChI=1S/C19H24ClN7O/c1-12-16(13(2)25(3)24-12)10-21-18(28)14-6-8-26(9-7-14)19-23-22-17-5-4-15(20)11-27(17)19/h4-5,11,14H,6-10H2,1-3H3,(H,21,28). The van der Waals surface area contributed by atoms with Crippen molar-refractivity contribution in [1.82, 2.24) is 29.7 Å². The third kappa shape index (κ3) is 3.44. The molecule has 0 aliphatic carbocycles. The van der Waals surface area contributed by atoms with Crippen LogP contribution >= 0.6 is 11.6 Å². The highest BCUT2D eigenvalue weighted by Crippen LogP contribution is 2.24. The lowest BCUT2D eigenvalue weighted by Gasteiger charge is -2.31. The first-order chi connectivity index (χ1) is 13.4. The molecular weight excluding hydrogens is 378 g/mol. The van der Waals surface area contributed by atoms with E-state index >= 15 is 0 Å². The fourth-order valence-corrected chi connectivity index (χ4v) is 3.96. The summed E-state index contributed by atoms with van der Waals surface area (Å²) in [6.45, 7) is 6.04. The summed E-state index contributed by atoms with van der Waals surface area (Å²) in [6.07, 6.45) is 3.39. The van der Waals surface area contributed by atoms with E-state index in [1.165, 1.54) is 0 Å². The van der Waals surface area contributed by atoms with Crippen LogP contribution in [0.4, 0.5) is 5.95 Å². The molecule has 0 bridgehead atoms. The summed E-state index contributed by atoms with van der Waals surface area (Å²) in [5.74, 6) is 0.894. The maximum Gasteiger partial charge on any atom is 0.231 e. The molecule has 4 heterocycles. The number of nitrogens with one attached hydrogen (secondary N) is 1. The molecule has 9 heteroatoms. The van der Waals surface area contributed by atoms with Gasteiger partial charge in [0.2, 0.25) is 11.9 Å². The largest absolute Gasteiger partial charge is 0.352 e. The SMILES string of the molecule is Cc1nn(C)c(C)c1CNC(=O)C1CCN(c2nnc3ccc(Cl)cn23)CC1. The van der Waals surface area contributed by atoms with Crippen molar-refractivity contribution in [2.45, 2.75) is 33.2 Å². The zero-order valence-electron chi connectivity index (χ0n) is 16.3. The van der Waals surface area contributed by atoms with Crippen molar-refractivity contribution in [3.63, 3.8) is 0 Å². The van der Waals surface area contributed by atoms with Crippen LogP contribution in [-0.4, -0.2) is 43.4 Å². The summed E-state index contributed by atoms with van der Waals surface area (Å²) in [7, 11) is 1.92. The van der Waals surface area contributed by atoms with E-state index in [-0.39, 0.29) is 11.8 Å². The third-order valence-corrected chi connectivity index (χ3v) is 5.82. The molecule has 4 rings (SSSR count). The van der Waals surface area contributed by atoms with E-state index in [9.17, 15) is 4.79 Å². The van der Waals surface area contributed by atoms with Gasteiger partial charge in [0.15, 0.2) is 5.65 Å². The van der Waals surface area contributed by atoms with Gasteiger partial charge in [0.25, 0.3) is 0 Å². The normalized spacial score (nSPS) is 15.4. The molecule has 1 N–H and O–H groups in total. The minimum absolute atomic E-state index is 0.0105. The monoisotopic (exact) mass is 401 g/mol. The van der Waals surface area contributed by atoms with E-state index in [4.69, 9.17) is 11.6 Å². The van der Waals surface area contributed by atoms with Gasteiger partial charge >= 0.3 is 0 Å². The predicted molar refractivity (Wildman–Crippen MR) is 107 cm³/mol. The molecule has 8 nitrogen and oxygen atoms in total. The molecular formula is C19H24ClN7O. The van der Waals surface area contributed by atoms with Crippen LogP contribution in [0.5, 0.6) is 0 Å². The number of hydrogen-bond acceptors (Lipinski definition) is 5. The Morgan fingerprint density at radius 2 is 2.00 bits per heavy atom. The first-order valence-corrected chi connectivity index (χ1v) is 9.84. The minimum atomic E-state index is 0.0105. The van der Waals surface area contributed by atoms with Crippen LogP contribution in [0, 0.1) is 19.8 Å². The molecule has 1 amide bonds. The molecule has 1 aliphatic heterocycles. The average molecular weight is 402 g/mol. The number of aryl methyl sites for hydroxylation is 2. The molecule has 1 saturated heterocycles. The Morgan fingerprint density at radius 1 is 1.25 bits per heavy atom. The number of aromatic nitrogens is 5. The van der Waals surface area contributed by atoms with Gasteiger partial charge in [0.1, 0.15) is 0 Å². The molecule has 0 spiro atoms. The molecule has 1 fully saturated rings. The lowest BCUT2D eigenvalue weighted by molar-refractivity contribution is -0.125. The fraction of sp³-hybridized carbons (Fsp3) is 0.474. The van der Waals surface area contributed by atoms with Gasteiger partial charge in [-0.3, -0.25) is 13.9 Å². The van der Waals surface area contributed by atoms with Crippen LogP contribution in [-0.2, 0) is 18.4 Å². The van der Waals surface area contributed by atoms with Crippen molar-refractivity contribution in [3.8, 4) is 0 Å². The van der Waals surface area contributed by atoms with Crippen molar-refractivity contribution >= 4 is 29.1 Å². The van der Waals surface area contributed by atoms with Crippen LogP contribution in [0.25, 0.3) is 5.65 Å². The van der Waals surface area contributed by atoms with Crippen LogP contribution in [0.15, 0.2) is 18.3 Å².